The van der Waals surface area contributed by atoms with Gasteiger partial charge in [-0.25, -0.2) is 4.98 Å². The molecule has 1 aliphatic heterocycles. The molecular formula is C13H12BBrN2S. The molecule has 0 saturated heterocycles. The number of anilines is 1. The molecule has 0 spiro atoms. The van der Waals surface area contributed by atoms with Crippen LogP contribution in [0.5, 0.6) is 0 Å². The smallest absolute Gasteiger partial charge is 0.220 e. The molecule has 0 aliphatic carbocycles. The SMILES string of the molecule is BN1CSc2cc(Br)c(-c3ccccc3C)nc21. The van der Waals surface area contributed by atoms with Crippen LogP contribution >= 0.6 is 27.7 Å². The van der Waals surface area contributed by atoms with Gasteiger partial charge in [-0.2, -0.15) is 0 Å². The average Bonchev–Trinajstić information content (AvgIpc) is 2.70. The molecule has 90 valence electrons. The van der Waals surface area contributed by atoms with Crippen molar-refractivity contribution in [3.05, 3.63) is 40.4 Å². The first-order valence-electron chi connectivity index (χ1n) is 5.77. The van der Waals surface area contributed by atoms with Crippen LogP contribution in [0.3, 0.4) is 0 Å². The second-order valence-corrected chi connectivity index (χ2v) is 6.27. The molecule has 0 bridgehead atoms. The van der Waals surface area contributed by atoms with E-state index in [4.69, 9.17) is 4.98 Å². The normalized spacial score (nSPS) is 13.8. The second kappa shape index (κ2) is 4.63. The summed E-state index contributed by atoms with van der Waals surface area (Å²) in [7, 11) is 2.08. The molecule has 1 aliphatic rings. The van der Waals surface area contributed by atoms with Crippen LogP contribution in [0, 0.1) is 6.92 Å². The number of fused-ring (bicyclic) bond motifs is 1. The molecular weight excluding hydrogens is 307 g/mol. The van der Waals surface area contributed by atoms with Crippen LogP contribution in [0.2, 0.25) is 0 Å². The summed E-state index contributed by atoms with van der Waals surface area (Å²) in [6.45, 7) is 2.12. The average molecular weight is 319 g/mol. The summed E-state index contributed by atoms with van der Waals surface area (Å²) in [6.07, 6.45) is 0. The van der Waals surface area contributed by atoms with Gasteiger partial charge < -0.3 is 4.81 Å². The molecule has 2 heterocycles. The number of pyridine rings is 1. The van der Waals surface area contributed by atoms with Gasteiger partial charge in [0.25, 0.3) is 0 Å². The number of halogens is 1. The zero-order valence-electron chi connectivity index (χ0n) is 10.3. The monoisotopic (exact) mass is 318 g/mol. The van der Waals surface area contributed by atoms with Crippen molar-refractivity contribution in [3.8, 4) is 11.3 Å². The van der Waals surface area contributed by atoms with Crippen LogP contribution in [-0.4, -0.2) is 18.8 Å². The van der Waals surface area contributed by atoms with Crippen LogP contribution in [0.4, 0.5) is 5.82 Å². The predicted octanol–water partition coefficient (Wildman–Crippen LogP) is 3.24. The van der Waals surface area contributed by atoms with E-state index >= 15 is 0 Å². The van der Waals surface area contributed by atoms with Gasteiger partial charge in [0, 0.05) is 10.0 Å². The minimum Gasteiger partial charge on any atom is -0.398 e. The summed E-state index contributed by atoms with van der Waals surface area (Å²) < 4.78 is 1.07. The summed E-state index contributed by atoms with van der Waals surface area (Å²) in [4.78, 5) is 8.26. The van der Waals surface area contributed by atoms with Gasteiger partial charge in [-0.3, -0.25) is 0 Å². The zero-order chi connectivity index (χ0) is 12.7. The third-order valence-corrected chi connectivity index (χ3v) is 4.83. The van der Waals surface area contributed by atoms with E-state index in [0.29, 0.717) is 0 Å². The summed E-state index contributed by atoms with van der Waals surface area (Å²) in [6, 6.07) is 10.5. The van der Waals surface area contributed by atoms with Gasteiger partial charge in [0.15, 0.2) is 0 Å². The molecule has 0 radical (unpaired) electrons. The van der Waals surface area contributed by atoms with E-state index in [9.17, 15) is 0 Å². The Morgan fingerprint density at radius 2 is 2.17 bits per heavy atom. The largest absolute Gasteiger partial charge is 0.398 e. The highest BCUT2D eigenvalue weighted by Gasteiger charge is 2.20. The molecule has 0 saturated carbocycles. The Morgan fingerprint density at radius 3 is 2.94 bits per heavy atom. The first kappa shape index (κ1) is 12.1. The van der Waals surface area contributed by atoms with Crippen molar-refractivity contribution in [1.29, 1.82) is 0 Å². The molecule has 0 atom stereocenters. The molecule has 18 heavy (non-hydrogen) atoms. The molecule has 0 fully saturated rings. The fraction of sp³-hybridized carbons (Fsp3) is 0.154. The van der Waals surface area contributed by atoms with Gasteiger partial charge in [0.2, 0.25) is 7.98 Å². The van der Waals surface area contributed by atoms with Crippen LogP contribution in [0.1, 0.15) is 5.56 Å². The van der Waals surface area contributed by atoms with Crippen LogP contribution < -0.4 is 4.81 Å². The Kier molecular flexibility index (Phi) is 3.12. The maximum atomic E-state index is 4.82. The topological polar surface area (TPSA) is 16.1 Å². The van der Waals surface area contributed by atoms with Crippen molar-refractivity contribution in [2.75, 3.05) is 10.7 Å². The van der Waals surface area contributed by atoms with Crippen LogP contribution in [0.25, 0.3) is 11.3 Å². The molecule has 5 heteroatoms. The van der Waals surface area contributed by atoms with Crippen molar-refractivity contribution in [2.45, 2.75) is 11.8 Å². The minimum absolute atomic E-state index is 0.978. The van der Waals surface area contributed by atoms with Crippen LogP contribution in [-0.2, 0) is 0 Å². The molecule has 2 nitrogen and oxygen atoms in total. The van der Waals surface area contributed by atoms with E-state index in [1.165, 1.54) is 16.0 Å². The number of aromatic nitrogens is 1. The molecule has 0 amide bonds. The summed E-state index contributed by atoms with van der Waals surface area (Å²) in [5.74, 6) is 2.06. The number of hydrogen-bond donors (Lipinski definition) is 0. The molecule has 0 N–H and O–H groups in total. The lowest BCUT2D eigenvalue weighted by Crippen LogP contribution is -2.14. The fourth-order valence-corrected chi connectivity index (χ4v) is 3.77. The van der Waals surface area contributed by atoms with E-state index in [1.807, 2.05) is 11.8 Å². The molecule has 1 aromatic heterocycles. The fourth-order valence-electron chi connectivity index (χ4n) is 2.10. The van der Waals surface area contributed by atoms with E-state index in [-0.39, 0.29) is 0 Å². The number of benzene rings is 1. The summed E-state index contributed by atoms with van der Waals surface area (Å²) in [5.41, 5.74) is 3.47. The number of aryl methyl sites for hydroxylation is 1. The number of hydrogen-bond acceptors (Lipinski definition) is 3. The lowest BCUT2D eigenvalue weighted by atomic mass is 10.1. The first-order chi connectivity index (χ1) is 8.66. The second-order valence-electron chi connectivity index (χ2n) is 4.43. The highest BCUT2D eigenvalue weighted by Crippen LogP contribution is 2.41. The highest BCUT2D eigenvalue weighted by atomic mass is 79.9. The van der Waals surface area contributed by atoms with Crippen LogP contribution in [0.15, 0.2) is 39.7 Å². The van der Waals surface area contributed by atoms with Gasteiger partial charge >= 0.3 is 0 Å². The standard InChI is InChI=1S/C13H12BBrN2S/c1-8-4-2-3-5-9(8)12-10(15)6-11-13(16-12)17(14)7-18-11/h2-6H,7,14H2,1H3. The van der Waals surface area contributed by atoms with Crippen molar-refractivity contribution in [1.82, 2.24) is 4.98 Å². The lowest BCUT2D eigenvalue weighted by molar-refractivity contribution is 1.15. The van der Waals surface area contributed by atoms with E-state index in [0.717, 1.165) is 21.9 Å². The van der Waals surface area contributed by atoms with Gasteiger partial charge in [0.1, 0.15) is 5.82 Å². The molecule has 1 aromatic carbocycles. The molecule has 3 rings (SSSR count). The zero-order valence-corrected chi connectivity index (χ0v) is 12.7. The number of rotatable bonds is 1. The van der Waals surface area contributed by atoms with Gasteiger partial charge in [-0.15, -0.1) is 11.8 Å². The summed E-state index contributed by atoms with van der Waals surface area (Å²) >= 11 is 5.48. The predicted molar refractivity (Wildman–Crippen MR) is 83.9 cm³/mol. The number of thioether (sulfide) groups is 1. The van der Waals surface area contributed by atoms with Crippen molar-refractivity contribution in [3.63, 3.8) is 0 Å². The molecule has 2 aromatic rings. The van der Waals surface area contributed by atoms with Gasteiger partial charge in [-0.1, -0.05) is 24.3 Å². The summed E-state index contributed by atoms with van der Waals surface area (Å²) in [5, 5.41) is 0. The van der Waals surface area contributed by atoms with E-state index in [1.54, 1.807) is 0 Å². The van der Waals surface area contributed by atoms with Gasteiger partial charge in [-0.05, 0) is 34.5 Å². The minimum atomic E-state index is 0.978. The highest BCUT2D eigenvalue weighted by molar-refractivity contribution is 9.10. The third-order valence-electron chi connectivity index (χ3n) is 3.10. The Bertz CT molecular complexity index is 618. The van der Waals surface area contributed by atoms with E-state index in [2.05, 4.69) is 66.0 Å². The maximum absolute atomic E-state index is 4.82. The maximum Gasteiger partial charge on any atom is 0.220 e. The Hall–Kier alpha value is -0.935. The lowest BCUT2D eigenvalue weighted by Gasteiger charge is -2.13. The molecule has 0 unspecified atom stereocenters. The Labute approximate surface area is 120 Å². The van der Waals surface area contributed by atoms with Crippen molar-refractivity contribution < 1.29 is 0 Å². The Balaban J connectivity index is 2.19. The number of nitrogens with zero attached hydrogens (tertiary/aromatic N) is 2. The van der Waals surface area contributed by atoms with Crippen molar-refractivity contribution in [2.24, 2.45) is 0 Å². The quantitative estimate of drug-likeness (QED) is 0.751. The van der Waals surface area contributed by atoms with E-state index < -0.39 is 0 Å². The van der Waals surface area contributed by atoms with Gasteiger partial charge in [0.05, 0.1) is 16.5 Å². The third kappa shape index (κ3) is 1.95. The Morgan fingerprint density at radius 1 is 1.39 bits per heavy atom. The van der Waals surface area contributed by atoms with Crippen molar-refractivity contribution >= 4 is 41.5 Å². The first-order valence-corrected chi connectivity index (χ1v) is 7.55.